The van der Waals surface area contributed by atoms with Crippen LogP contribution in [0, 0.1) is 6.92 Å². The molecule has 0 saturated carbocycles. The van der Waals surface area contributed by atoms with E-state index in [1.54, 1.807) is 12.3 Å². The molecule has 18 heavy (non-hydrogen) atoms. The number of halogens is 1. The average Bonchev–Trinajstić information content (AvgIpc) is 2.37. The van der Waals surface area contributed by atoms with Crippen LogP contribution in [-0.4, -0.2) is 11.0 Å². The highest BCUT2D eigenvalue weighted by molar-refractivity contribution is 9.10. The van der Waals surface area contributed by atoms with E-state index < -0.39 is 0 Å². The molecule has 2 rings (SSSR count). The fourth-order valence-electron chi connectivity index (χ4n) is 1.57. The molecule has 0 bridgehead atoms. The van der Waals surface area contributed by atoms with Gasteiger partial charge in [0, 0.05) is 6.20 Å². The summed E-state index contributed by atoms with van der Waals surface area (Å²) in [5, 5.41) is 0. The van der Waals surface area contributed by atoms with Crippen molar-refractivity contribution in [2.75, 3.05) is 0 Å². The Morgan fingerprint density at radius 2 is 2.00 bits per heavy atom. The van der Waals surface area contributed by atoms with E-state index in [1.165, 1.54) is 0 Å². The Labute approximate surface area is 114 Å². The number of aryl methyl sites for hydroxylation is 1. The number of carbonyl (C=O) groups is 1. The Morgan fingerprint density at radius 1 is 1.28 bits per heavy atom. The number of pyridine rings is 1. The molecule has 2 aromatic rings. The number of aromatic nitrogens is 1. The predicted molar refractivity (Wildman–Crippen MR) is 72.2 cm³/mol. The van der Waals surface area contributed by atoms with E-state index in [1.807, 2.05) is 37.3 Å². The van der Waals surface area contributed by atoms with E-state index in [9.17, 15) is 4.79 Å². The third-order valence-electron chi connectivity index (χ3n) is 2.53. The molecule has 0 aliphatic carbocycles. The second-order valence-corrected chi connectivity index (χ2v) is 4.61. The Morgan fingerprint density at radius 3 is 2.67 bits per heavy atom. The van der Waals surface area contributed by atoms with Crippen LogP contribution in [0.4, 0.5) is 0 Å². The van der Waals surface area contributed by atoms with E-state index in [4.69, 9.17) is 4.74 Å². The molecule has 92 valence electrons. The van der Waals surface area contributed by atoms with Gasteiger partial charge in [0.25, 0.3) is 0 Å². The zero-order valence-corrected chi connectivity index (χ0v) is 11.5. The van der Waals surface area contributed by atoms with E-state index in [-0.39, 0.29) is 12.6 Å². The van der Waals surface area contributed by atoms with Crippen LogP contribution in [0.5, 0.6) is 0 Å². The fraction of sp³-hybridized carbons (Fsp3) is 0.143. The van der Waals surface area contributed by atoms with E-state index in [0.717, 1.165) is 11.1 Å². The summed E-state index contributed by atoms with van der Waals surface area (Å²) in [5.41, 5.74) is 2.28. The van der Waals surface area contributed by atoms with Crippen molar-refractivity contribution in [1.29, 1.82) is 0 Å². The zero-order valence-electron chi connectivity index (χ0n) is 9.89. The van der Waals surface area contributed by atoms with Gasteiger partial charge in [0.05, 0.1) is 5.56 Å². The maximum Gasteiger partial charge on any atom is 0.341 e. The van der Waals surface area contributed by atoms with Crippen molar-refractivity contribution in [3.63, 3.8) is 0 Å². The monoisotopic (exact) mass is 305 g/mol. The van der Waals surface area contributed by atoms with Crippen molar-refractivity contribution in [2.24, 2.45) is 0 Å². The van der Waals surface area contributed by atoms with Crippen molar-refractivity contribution in [3.05, 3.63) is 63.9 Å². The number of nitrogens with zero attached hydrogens (tertiary/aromatic N) is 1. The third kappa shape index (κ3) is 2.96. The van der Waals surface area contributed by atoms with Crippen LogP contribution in [0.15, 0.2) is 47.2 Å². The fourth-order valence-corrected chi connectivity index (χ4v) is 2.16. The SMILES string of the molecule is Cc1ccnc(Br)c1C(=O)OCc1ccccc1. The molecule has 4 heteroatoms. The Bertz CT molecular complexity index is 535. The van der Waals surface area contributed by atoms with Crippen LogP contribution in [0.2, 0.25) is 0 Å². The van der Waals surface area contributed by atoms with Gasteiger partial charge in [0.15, 0.2) is 0 Å². The number of esters is 1. The third-order valence-corrected chi connectivity index (χ3v) is 3.13. The molecular formula is C14H12BrNO2. The standard InChI is InChI=1S/C14H12BrNO2/c1-10-7-8-16-13(15)12(10)14(17)18-9-11-5-3-2-4-6-11/h2-8H,9H2,1H3. The van der Waals surface area contributed by atoms with E-state index in [0.29, 0.717) is 10.2 Å². The molecule has 3 nitrogen and oxygen atoms in total. The van der Waals surface area contributed by atoms with E-state index in [2.05, 4.69) is 20.9 Å². The van der Waals surface area contributed by atoms with Gasteiger partial charge in [-0.1, -0.05) is 30.3 Å². The highest BCUT2D eigenvalue weighted by Crippen LogP contribution is 2.18. The minimum absolute atomic E-state index is 0.264. The Hall–Kier alpha value is -1.68. The summed E-state index contributed by atoms with van der Waals surface area (Å²) in [6.45, 7) is 2.12. The lowest BCUT2D eigenvalue weighted by Gasteiger charge is -2.08. The summed E-state index contributed by atoms with van der Waals surface area (Å²) >= 11 is 3.26. The number of rotatable bonds is 3. The van der Waals surface area contributed by atoms with Gasteiger partial charge in [-0.2, -0.15) is 0 Å². The second kappa shape index (κ2) is 5.78. The van der Waals surface area contributed by atoms with Gasteiger partial charge in [0.2, 0.25) is 0 Å². The van der Waals surface area contributed by atoms with Gasteiger partial charge >= 0.3 is 5.97 Å². The molecule has 0 unspecified atom stereocenters. The molecule has 0 saturated heterocycles. The first kappa shape index (κ1) is 12.8. The summed E-state index contributed by atoms with van der Waals surface area (Å²) in [6, 6.07) is 11.4. The van der Waals surface area contributed by atoms with Crippen LogP contribution >= 0.6 is 15.9 Å². The smallest absolute Gasteiger partial charge is 0.341 e. The number of carbonyl (C=O) groups excluding carboxylic acids is 1. The molecule has 0 aliphatic rings. The van der Waals surface area contributed by atoms with Crippen LogP contribution in [0.3, 0.4) is 0 Å². The summed E-state index contributed by atoms with van der Waals surface area (Å²) in [4.78, 5) is 16.0. The minimum Gasteiger partial charge on any atom is -0.457 e. The number of ether oxygens (including phenoxy) is 1. The van der Waals surface area contributed by atoms with Gasteiger partial charge in [-0.25, -0.2) is 9.78 Å². The highest BCUT2D eigenvalue weighted by atomic mass is 79.9. The molecule has 0 fully saturated rings. The minimum atomic E-state index is -0.365. The molecule has 0 N–H and O–H groups in total. The molecule has 1 aromatic carbocycles. The second-order valence-electron chi connectivity index (χ2n) is 3.86. The van der Waals surface area contributed by atoms with Crippen LogP contribution in [0.1, 0.15) is 21.5 Å². The molecule has 0 radical (unpaired) electrons. The van der Waals surface area contributed by atoms with Crippen molar-refractivity contribution < 1.29 is 9.53 Å². The average molecular weight is 306 g/mol. The maximum absolute atomic E-state index is 12.0. The van der Waals surface area contributed by atoms with Crippen LogP contribution in [-0.2, 0) is 11.3 Å². The Balaban J connectivity index is 2.09. The lowest BCUT2D eigenvalue weighted by molar-refractivity contribution is 0.0470. The normalized spacial score (nSPS) is 10.1. The molecule has 0 spiro atoms. The largest absolute Gasteiger partial charge is 0.457 e. The summed E-state index contributed by atoms with van der Waals surface area (Å²) in [7, 11) is 0. The van der Waals surface area contributed by atoms with Crippen molar-refractivity contribution >= 4 is 21.9 Å². The van der Waals surface area contributed by atoms with Crippen molar-refractivity contribution in [1.82, 2.24) is 4.98 Å². The molecule has 1 aromatic heterocycles. The van der Waals surface area contributed by atoms with Gasteiger partial charge in [-0.3, -0.25) is 0 Å². The summed E-state index contributed by atoms with van der Waals surface area (Å²) in [5.74, 6) is -0.365. The predicted octanol–water partition coefficient (Wildman–Crippen LogP) is 3.51. The first-order valence-corrected chi connectivity index (χ1v) is 6.30. The van der Waals surface area contributed by atoms with Crippen molar-refractivity contribution in [2.45, 2.75) is 13.5 Å². The highest BCUT2D eigenvalue weighted by Gasteiger charge is 2.15. The van der Waals surface area contributed by atoms with E-state index >= 15 is 0 Å². The number of hydrogen-bond acceptors (Lipinski definition) is 3. The van der Waals surface area contributed by atoms with Crippen LogP contribution < -0.4 is 0 Å². The summed E-state index contributed by atoms with van der Waals surface area (Å²) < 4.78 is 5.78. The van der Waals surface area contributed by atoms with Crippen LogP contribution in [0.25, 0.3) is 0 Å². The van der Waals surface area contributed by atoms with Crippen molar-refractivity contribution in [3.8, 4) is 0 Å². The first-order chi connectivity index (χ1) is 8.68. The molecular weight excluding hydrogens is 294 g/mol. The zero-order chi connectivity index (χ0) is 13.0. The first-order valence-electron chi connectivity index (χ1n) is 5.50. The number of hydrogen-bond donors (Lipinski definition) is 0. The molecule has 0 amide bonds. The maximum atomic E-state index is 12.0. The molecule has 0 aliphatic heterocycles. The molecule has 1 heterocycles. The lowest BCUT2D eigenvalue weighted by atomic mass is 10.2. The van der Waals surface area contributed by atoms with Gasteiger partial charge in [-0.05, 0) is 40.0 Å². The lowest BCUT2D eigenvalue weighted by Crippen LogP contribution is -2.08. The number of benzene rings is 1. The van der Waals surface area contributed by atoms with Gasteiger partial charge in [0.1, 0.15) is 11.2 Å². The summed E-state index contributed by atoms with van der Waals surface area (Å²) in [6.07, 6.45) is 1.65. The quantitative estimate of drug-likeness (QED) is 0.643. The topological polar surface area (TPSA) is 39.2 Å². The van der Waals surface area contributed by atoms with Gasteiger partial charge in [-0.15, -0.1) is 0 Å². The Kier molecular flexibility index (Phi) is 4.10. The van der Waals surface area contributed by atoms with Gasteiger partial charge < -0.3 is 4.74 Å². The molecule has 0 atom stereocenters.